The third-order valence-corrected chi connectivity index (χ3v) is 4.10. The zero-order chi connectivity index (χ0) is 11.5. The fraction of sp³-hybridized carbons (Fsp3) is 0.583. The molecule has 0 fully saturated rings. The molecule has 0 aliphatic carbocycles. The van der Waals surface area contributed by atoms with Crippen molar-refractivity contribution in [3.8, 4) is 0 Å². The zero-order valence-electron chi connectivity index (χ0n) is 9.82. The monoisotopic (exact) mass is 238 g/mol. The van der Waals surface area contributed by atoms with E-state index in [-0.39, 0.29) is 12.1 Å². The van der Waals surface area contributed by atoms with Crippen molar-refractivity contribution in [2.24, 2.45) is 0 Å². The lowest BCUT2D eigenvalue weighted by molar-refractivity contribution is 0.189. The average Bonchev–Trinajstić information content (AvgIpc) is 2.75. The first-order valence-corrected chi connectivity index (χ1v) is 6.69. The zero-order valence-corrected chi connectivity index (χ0v) is 10.6. The molecule has 2 rings (SSSR count). The van der Waals surface area contributed by atoms with E-state index in [1.54, 1.807) is 11.3 Å². The van der Waals surface area contributed by atoms with Crippen LogP contribution in [-0.2, 0) is 13.0 Å². The molecular formula is C12H18N2OS. The summed E-state index contributed by atoms with van der Waals surface area (Å²) in [6.45, 7) is 5.73. The number of hydrogen-bond acceptors (Lipinski definition) is 2. The second-order valence-electron chi connectivity index (χ2n) is 4.30. The van der Waals surface area contributed by atoms with Crippen LogP contribution in [0.15, 0.2) is 11.4 Å². The highest BCUT2D eigenvalue weighted by Gasteiger charge is 2.21. The van der Waals surface area contributed by atoms with Crippen LogP contribution < -0.4 is 5.32 Å². The molecule has 0 bridgehead atoms. The van der Waals surface area contributed by atoms with Crippen molar-refractivity contribution in [2.45, 2.75) is 39.3 Å². The van der Waals surface area contributed by atoms with Gasteiger partial charge in [-0.2, -0.15) is 0 Å². The summed E-state index contributed by atoms with van der Waals surface area (Å²) in [5.41, 5.74) is 1.32. The maximum atomic E-state index is 11.9. The van der Waals surface area contributed by atoms with Crippen LogP contribution in [0.2, 0.25) is 0 Å². The quantitative estimate of drug-likeness (QED) is 0.844. The van der Waals surface area contributed by atoms with Gasteiger partial charge in [0.05, 0.1) is 0 Å². The molecule has 88 valence electrons. The van der Waals surface area contributed by atoms with Gasteiger partial charge in [-0.05, 0) is 36.8 Å². The summed E-state index contributed by atoms with van der Waals surface area (Å²) >= 11 is 1.80. The van der Waals surface area contributed by atoms with Crippen LogP contribution in [-0.4, -0.2) is 23.5 Å². The Hall–Kier alpha value is -1.03. The van der Waals surface area contributed by atoms with E-state index >= 15 is 0 Å². The Morgan fingerprint density at radius 1 is 1.69 bits per heavy atom. The van der Waals surface area contributed by atoms with E-state index < -0.39 is 0 Å². The molecule has 3 nitrogen and oxygen atoms in total. The standard InChI is InChI=1S/C12H18N2OS/c1-3-9(2)13-12(15)14-6-4-11-10(8-14)5-7-16-11/h5,7,9H,3-4,6,8H2,1-2H3,(H,13,15)/t9-/m0/s1. The molecule has 1 aliphatic heterocycles. The van der Waals surface area contributed by atoms with E-state index in [0.717, 1.165) is 25.9 Å². The number of carbonyl (C=O) groups excluding carboxylic acids is 1. The molecule has 1 atom stereocenters. The van der Waals surface area contributed by atoms with Gasteiger partial charge in [-0.25, -0.2) is 4.79 Å². The average molecular weight is 238 g/mol. The first kappa shape index (κ1) is 11.5. The maximum absolute atomic E-state index is 11.9. The van der Waals surface area contributed by atoms with Crippen molar-refractivity contribution in [1.29, 1.82) is 0 Å². The fourth-order valence-corrected chi connectivity index (χ4v) is 2.72. The molecule has 1 N–H and O–H groups in total. The van der Waals surface area contributed by atoms with E-state index in [1.807, 2.05) is 11.8 Å². The summed E-state index contributed by atoms with van der Waals surface area (Å²) in [6, 6.07) is 2.46. The van der Waals surface area contributed by atoms with Crippen LogP contribution >= 0.6 is 11.3 Å². The van der Waals surface area contributed by atoms with Crippen LogP contribution in [0.1, 0.15) is 30.7 Å². The minimum absolute atomic E-state index is 0.0752. The van der Waals surface area contributed by atoms with Crippen molar-refractivity contribution in [3.63, 3.8) is 0 Å². The lowest BCUT2D eigenvalue weighted by Gasteiger charge is -2.28. The highest BCUT2D eigenvalue weighted by molar-refractivity contribution is 7.10. The summed E-state index contributed by atoms with van der Waals surface area (Å²) in [7, 11) is 0. The Morgan fingerprint density at radius 2 is 2.50 bits per heavy atom. The van der Waals surface area contributed by atoms with Gasteiger partial charge in [0, 0.05) is 24.0 Å². The van der Waals surface area contributed by atoms with Crippen molar-refractivity contribution in [2.75, 3.05) is 6.54 Å². The summed E-state index contributed by atoms with van der Waals surface area (Å²) in [4.78, 5) is 15.3. The van der Waals surface area contributed by atoms with Gasteiger partial charge >= 0.3 is 6.03 Å². The molecule has 0 saturated carbocycles. The van der Waals surface area contributed by atoms with Gasteiger partial charge in [-0.15, -0.1) is 11.3 Å². The highest BCUT2D eigenvalue weighted by Crippen LogP contribution is 2.23. The smallest absolute Gasteiger partial charge is 0.317 e. The van der Waals surface area contributed by atoms with Gasteiger partial charge < -0.3 is 10.2 Å². The van der Waals surface area contributed by atoms with Crippen molar-refractivity contribution >= 4 is 17.4 Å². The van der Waals surface area contributed by atoms with Crippen LogP contribution in [0.5, 0.6) is 0 Å². The number of hydrogen-bond donors (Lipinski definition) is 1. The molecule has 0 spiro atoms. The Balaban J connectivity index is 1.95. The first-order chi connectivity index (χ1) is 7.70. The Bertz CT molecular complexity index is 375. The predicted molar refractivity (Wildman–Crippen MR) is 66.7 cm³/mol. The minimum atomic E-state index is 0.0752. The Morgan fingerprint density at radius 3 is 3.25 bits per heavy atom. The largest absolute Gasteiger partial charge is 0.336 e. The van der Waals surface area contributed by atoms with Gasteiger partial charge in [0.2, 0.25) is 0 Å². The number of amides is 2. The first-order valence-electron chi connectivity index (χ1n) is 5.81. The number of nitrogens with zero attached hydrogens (tertiary/aromatic N) is 1. The van der Waals surface area contributed by atoms with Crippen molar-refractivity contribution in [3.05, 3.63) is 21.9 Å². The molecule has 0 radical (unpaired) electrons. The molecule has 0 saturated heterocycles. The van der Waals surface area contributed by atoms with Gasteiger partial charge in [0.25, 0.3) is 0 Å². The van der Waals surface area contributed by atoms with Gasteiger partial charge in [-0.3, -0.25) is 0 Å². The molecule has 4 heteroatoms. The van der Waals surface area contributed by atoms with Crippen LogP contribution in [0.3, 0.4) is 0 Å². The van der Waals surface area contributed by atoms with E-state index in [2.05, 4.69) is 23.7 Å². The van der Waals surface area contributed by atoms with Gasteiger partial charge in [-0.1, -0.05) is 6.92 Å². The van der Waals surface area contributed by atoms with Gasteiger partial charge in [0.15, 0.2) is 0 Å². The SMILES string of the molecule is CC[C@H](C)NC(=O)N1CCc2sccc2C1. The second kappa shape index (κ2) is 4.87. The summed E-state index contributed by atoms with van der Waals surface area (Å²) < 4.78 is 0. The third-order valence-electron chi connectivity index (χ3n) is 3.08. The number of fused-ring (bicyclic) bond motifs is 1. The summed E-state index contributed by atoms with van der Waals surface area (Å²) in [6.07, 6.45) is 1.98. The second-order valence-corrected chi connectivity index (χ2v) is 5.30. The normalized spacial score (nSPS) is 16.8. The van der Waals surface area contributed by atoms with Crippen molar-refractivity contribution in [1.82, 2.24) is 10.2 Å². The van der Waals surface area contributed by atoms with E-state index in [9.17, 15) is 4.79 Å². The molecule has 0 unspecified atom stereocenters. The fourth-order valence-electron chi connectivity index (χ4n) is 1.83. The molecule has 1 aromatic heterocycles. The lowest BCUT2D eigenvalue weighted by atomic mass is 10.1. The predicted octanol–water partition coefficient (Wildman–Crippen LogP) is 2.61. The van der Waals surface area contributed by atoms with E-state index in [4.69, 9.17) is 0 Å². The maximum Gasteiger partial charge on any atom is 0.317 e. The number of nitrogens with one attached hydrogen (secondary N) is 1. The molecule has 16 heavy (non-hydrogen) atoms. The van der Waals surface area contributed by atoms with E-state index in [0.29, 0.717) is 0 Å². The number of carbonyl (C=O) groups is 1. The van der Waals surface area contributed by atoms with Crippen LogP contribution in [0, 0.1) is 0 Å². The Labute approximate surface area is 100 Å². The molecule has 1 aromatic rings. The molecule has 1 aliphatic rings. The van der Waals surface area contributed by atoms with E-state index in [1.165, 1.54) is 10.4 Å². The molecular weight excluding hydrogens is 220 g/mol. The van der Waals surface area contributed by atoms with Crippen LogP contribution in [0.4, 0.5) is 4.79 Å². The Kier molecular flexibility index (Phi) is 3.49. The summed E-state index contributed by atoms with van der Waals surface area (Å²) in [5, 5.41) is 5.12. The number of rotatable bonds is 2. The highest BCUT2D eigenvalue weighted by atomic mass is 32.1. The van der Waals surface area contributed by atoms with Crippen LogP contribution in [0.25, 0.3) is 0 Å². The molecule has 2 heterocycles. The minimum Gasteiger partial charge on any atom is -0.336 e. The topological polar surface area (TPSA) is 32.3 Å². The number of thiophene rings is 1. The molecule has 0 aromatic carbocycles. The third kappa shape index (κ3) is 2.38. The molecule has 2 amide bonds. The summed E-state index contributed by atoms with van der Waals surface area (Å²) in [5.74, 6) is 0. The van der Waals surface area contributed by atoms with Gasteiger partial charge in [0.1, 0.15) is 0 Å². The lowest BCUT2D eigenvalue weighted by Crippen LogP contribution is -2.45. The van der Waals surface area contributed by atoms with Crippen molar-refractivity contribution < 1.29 is 4.79 Å². The number of urea groups is 1.